The fraction of sp³-hybridized carbons (Fsp3) is 0.550. The van der Waals surface area contributed by atoms with Crippen LogP contribution in [0.2, 0.25) is 5.02 Å². The number of amides is 1. The molecule has 0 bridgehead atoms. The molecule has 1 amide bonds. The van der Waals surface area contributed by atoms with Gasteiger partial charge in [0.1, 0.15) is 0 Å². The third kappa shape index (κ3) is 4.24. The van der Waals surface area contributed by atoms with E-state index in [4.69, 9.17) is 31.5 Å². The summed E-state index contributed by atoms with van der Waals surface area (Å²) >= 11 is 6.27. The molecule has 4 atom stereocenters. The molecule has 1 aliphatic heterocycles. The number of nitrogens with two attached hydrogens (primary N) is 1. The van der Waals surface area contributed by atoms with E-state index < -0.39 is 12.2 Å². The van der Waals surface area contributed by atoms with Gasteiger partial charge in [-0.1, -0.05) is 17.7 Å². The van der Waals surface area contributed by atoms with Gasteiger partial charge in [0.05, 0.1) is 22.5 Å². The molecule has 0 radical (unpaired) electrons. The minimum atomic E-state index is -0.922. The zero-order valence-electron chi connectivity index (χ0n) is 16.2. The molecule has 2 aliphatic rings. The summed E-state index contributed by atoms with van der Waals surface area (Å²) in [6.07, 6.45) is 1.94. The van der Waals surface area contributed by atoms with Crippen molar-refractivity contribution >= 4 is 28.6 Å². The molecule has 2 heterocycles. The molecule has 1 aliphatic carbocycles. The monoisotopic (exact) mass is 421 g/mol. The second-order valence-electron chi connectivity index (χ2n) is 7.55. The number of halogens is 1. The first-order valence-electron chi connectivity index (χ1n) is 9.85. The Labute approximate surface area is 172 Å². The quantitative estimate of drug-likeness (QED) is 0.766. The summed E-state index contributed by atoms with van der Waals surface area (Å²) < 4.78 is 18.2. The first kappa shape index (κ1) is 20.1. The number of hydrogen-bond acceptors (Lipinski definition) is 6. The summed E-state index contributed by atoms with van der Waals surface area (Å²) in [6, 6.07) is 4.99. The molecule has 1 aromatic carbocycles. The number of nitrogens with zero attached hydrogens (tertiary/aromatic N) is 2. The normalized spacial score (nSPS) is 25.0. The summed E-state index contributed by atoms with van der Waals surface area (Å²) in [5.41, 5.74) is 5.38. The molecule has 1 aromatic heterocycles. The Hall–Kier alpha value is -2.16. The Morgan fingerprint density at radius 2 is 2.28 bits per heavy atom. The van der Waals surface area contributed by atoms with Crippen molar-refractivity contribution in [1.82, 2.24) is 9.55 Å². The highest BCUT2D eigenvalue weighted by atomic mass is 35.5. The summed E-state index contributed by atoms with van der Waals surface area (Å²) in [5.74, 6) is 0.504. The van der Waals surface area contributed by atoms with Crippen LogP contribution in [0.4, 0.5) is 4.79 Å². The summed E-state index contributed by atoms with van der Waals surface area (Å²) in [7, 11) is 0. The Morgan fingerprint density at radius 1 is 1.45 bits per heavy atom. The topological polar surface area (TPSA) is 106 Å². The predicted molar refractivity (Wildman–Crippen MR) is 107 cm³/mol. The fourth-order valence-electron chi connectivity index (χ4n) is 3.85. The average Bonchev–Trinajstić information content (AvgIpc) is 3.45. The lowest BCUT2D eigenvalue weighted by atomic mass is 10.2. The number of primary amides is 1. The first-order valence-corrected chi connectivity index (χ1v) is 10.2. The van der Waals surface area contributed by atoms with Gasteiger partial charge in [0.15, 0.2) is 18.2 Å². The molecular formula is C20H24ClN3O5. The van der Waals surface area contributed by atoms with Crippen LogP contribution in [0.3, 0.4) is 0 Å². The third-order valence-corrected chi connectivity index (χ3v) is 5.73. The molecule has 156 valence electrons. The van der Waals surface area contributed by atoms with Gasteiger partial charge in [-0.15, -0.1) is 0 Å². The molecule has 4 unspecified atom stereocenters. The van der Waals surface area contributed by atoms with Crippen LogP contribution < -0.4 is 11.3 Å². The van der Waals surface area contributed by atoms with E-state index in [9.17, 15) is 9.59 Å². The zero-order chi connectivity index (χ0) is 20.5. The van der Waals surface area contributed by atoms with Crippen molar-refractivity contribution in [3.05, 3.63) is 39.4 Å². The highest BCUT2D eigenvalue weighted by Crippen LogP contribution is 2.44. The van der Waals surface area contributed by atoms with Gasteiger partial charge in [0, 0.05) is 18.6 Å². The van der Waals surface area contributed by atoms with E-state index in [1.165, 1.54) is 0 Å². The van der Waals surface area contributed by atoms with Gasteiger partial charge in [0.25, 0.3) is 5.56 Å². The highest BCUT2D eigenvalue weighted by Gasteiger charge is 2.42. The van der Waals surface area contributed by atoms with E-state index in [-0.39, 0.29) is 23.8 Å². The predicted octanol–water partition coefficient (Wildman–Crippen LogP) is 3.31. The molecule has 2 aromatic rings. The standard InChI is InChI=1S/C20H24ClN3O5/c1-11(29-20(22)26)18-23-14-6-4-5-13(21)17(14)19(25)24(18)15-9-12(15)10-28-16-7-2-3-8-27-16/h4-6,11-12,15-16H,2-3,7-10H2,1H3,(H2,22,26). The molecule has 9 heteroatoms. The van der Waals surface area contributed by atoms with Gasteiger partial charge < -0.3 is 19.9 Å². The molecular weight excluding hydrogens is 398 g/mol. The number of carbonyl (C=O) groups is 1. The molecule has 0 spiro atoms. The van der Waals surface area contributed by atoms with E-state index in [0.717, 1.165) is 32.3 Å². The van der Waals surface area contributed by atoms with Gasteiger partial charge in [-0.3, -0.25) is 9.36 Å². The number of fused-ring (bicyclic) bond motifs is 1. The average molecular weight is 422 g/mol. The smallest absolute Gasteiger partial charge is 0.405 e. The van der Waals surface area contributed by atoms with Crippen LogP contribution in [0, 0.1) is 5.92 Å². The van der Waals surface area contributed by atoms with Crippen LogP contribution >= 0.6 is 11.6 Å². The SMILES string of the molecule is CC(OC(N)=O)c1nc2cccc(Cl)c2c(=O)n1C1CC1COC1CCCCO1. The van der Waals surface area contributed by atoms with E-state index >= 15 is 0 Å². The van der Waals surface area contributed by atoms with Gasteiger partial charge in [-0.05, 0) is 44.7 Å². The van der Waals surface area contributed by atoms with E-state index in [1.54, 1.807) is 29.7 Å². The van der Waals surface area contributed by atoms with E-state index in [1.807, 2.05) is 0 Å². The molecule has 1 saturated heterocycles. The largest absolute Gasteiger partial charge is 0.439 e. The first-order chi connectivity index (χ1) is 14.0. The number of hydrogen-bond donors (Lipinski definition) is 1. The lowest BCUT2D eigenvalue weighted by Crippen LogP contribution is -2.29. The zero-order valence-corrected chi connectivity index (χ0v) is 16.9. The Balaban J connectivity index is 1.63. The molecule has 8 nitrogen and oxygen atoms in total. The number of carbonyl (C=O) groups excluding carboxylic acids is 1. The molecule has 1 saturated carbocycles. The Kier molecular flexibility index (Phi) is 5.76. The van der Waals surface area contributed by atoms with Gasteiger partial charge in [-0.2, -0.15) is 0 Å². The van der Waals surface area contributed by atoms with Crippen molar-refractivity contribution in [2.75, 3.05) is 13.2 Å². The molecule has 29 heavy (non-hydrogen) atoms. The Morgan fingerprint density at radius 3 is 3.00 bits per heavy atom. The number of rotatable bonds is 6. The second kappa shape index (κ2) is 8.30. The van der Waals surface area contributed by atoms with Crippen molar-refractivity contribution < 1.29 is 19.0 Å². The number of ether oxygens (including phenoxy) is 3. The van der Waals surface area contributed by atoms with Crippen LogP contribution in [-0.4, -0.2) is 35.1 Å². The van der Waals surface area contributed by atoms with Crippen LogP contribution in [-0.2, 0) is 14.2 Å². The van der Waals surface area contributed by atoms with E-state index in [2.05, 4.69) is 4.98 Å². The second-order valence-corrected chi connectivity index (χ2v) is 7.96. The highest BCUT2D eigenvalue weighted by molar-refractivity contribution is 6.35. The summed E-state index contributed by atoms with van der Waals surface area (Å²) in [5, 5.41) is 0.694. The summed E-state index contributed by atoms with van der Waals surface area (Å²) in [4.78, 5) is 29.1. The van der Waals surface area contributed by atoms with Crippen LogP contribution in [0.1, 0.15) is 50.6 Å². The van der Waals surface area contributed by atoms with Crippen molar-refractivity contribution in [1.29, 1.82) is 0 Å². The minimum absolute atomic E-state index is 0.104. The van der Waals surface area contributed by atoms with Gasteiger partial charge in [-0.25, -0.2) is 9.78 Å². The van der Waals surface area contributed by atoms with Crippen molar-refractivity contribution in [2.24, 2.45) is 11.7 Å². The van der Waals surface area contributed by atoms with Gasteiger partial charge in [0.2, 0.25) is 0 Å². The Bertz CT molecular complexity index is 972. The maximum Gasteiger partial charge on any atom is 0.405 e. The van der Waals surface area contributed by atoms with Crippen molar-refractivity contribution in [3.63, 3.8) is 0 Å². The number of aromatic nitrogens is 2. The minimum Gasteiger partial charge on any atom is -0.439 e. The van der Waals surface area contributed by atoms with Crippen LogP contribution in [0.15, 0.2) is 23.0 Å². The molecule has 4 rings (SSSR count). The van der Waals surface area contributed by atoms with Gasteiger partial charge >= 0.3 is 6.09 Å². The maximum atomic E-state index is 13.3. The summed E-state index contributed by atoms with van der Waals surface area (Å²) in [6.45, 7) is 2.85. The number of benzene rings is 1. The third-order valence-electron chi connectivity index (χ3n) is 5.41. The van der Waals surface area contributed by atoms with Crippen molar-refractivity contribution in [3.8, 4) is 0 Å². The lowest BCUT2D eigenvalue weighted by Gasteiger charge is -2.23. The molecule has 2 fully saturated rings. The fourth-order valence-corrected chi connectivity index (χ4v) is 4.10. The van der Waals surface area contributed by atoms with Crippen LogP contribution in [0.25, 0.3) is 10.9 Å². The van der Waals surface area contributed by atoms with Crippen LogP contribution in [0.5, 0.6) is 0 Å². The molecule has 2 N–H and O–H groups in total. The van der Waals surface area contributed by atoms with E-state index in [0.29, 0.717) is 28.4 Å². The van der Waals surface area contributed by atoms with Crippen molar-refractivity contribution in [2.45, 2.75) is 51.0 Å². The maximum absolute atomic E-state index is 13.3. The lowest BCUT2D eigenvalue weighted by molar-refractivity contribution is -0.165.